The average molecular weight is 198 g/mol. The Labute approximate surface area is 79.5 Å². The van der Waals surface area contributed by atoms with Crippen molar-refractivity contribution in [3.05, 3.63) is 54.4 Å². The van der Waals surface area contributed by atoms with Crippen molar-refractivity contribution in [2.45, 2.75) is 6.18 Å². The van der Waals surface area contributed by atoms with Crippen molar-refractivity contribution >= 4 is 0 Å². The minimum atomic E-state index is -4.28. The van der Waals surface area contributed by atoms with Crippen LogP contribution in [0.3, 0.4) is 0 Å². The Hall–Kier alpha value is -1.45. The number of alkyl halides is 3. The summed E-state index contributed by atoms with van der Waals surface area (Å²) in [5.41, 5.74) is 0.0988. The lowest BCUT2D eigenvalue weighted by Crippen LogP contribution is -2.21. The Balaban J connectivity index is 2.29. The van der Waals surface area contributed by atoms with Crippen LogP contribution >= 0.6 is 0 Å². The van der Waals surface area contributed by atoms with Crippen LogP contribution in [-0.4, -0.2) is 11.1 Å². The Morgan fingerprint density at radius 2 is 1.86 bits per heavy atom. The van der Waals surface area contributed by atoms with Gasteiger partial charge in [-0.25, -0.2) is 0 Å². The SMILES string of the molecule is FC(F)(F)C1=CN2[CH]C=CC=C2C=C1. The molecule has 73 valence electrons. The average Bonchev–Trinajstić information content (AvgIpc) is 2.16. The summed E-state index contributed by atoms with van der Waals surface area (Å²) >= 11 is 0. The molecule has 2 aliphatic heterocycles. The van der Waals surface area contributed by atoms with Crippen molar-refractivity contribution in [2.24, 2.45) is 0 Å². The van der Waals surface area contributed by atoms with Crippen LogP contribution in [0.5, 0.6) is 0 Å². The smallest absolute Gasteiger partial charge is 0.338 e. The van der Waals surface area contributed by atoms with E-state index < -0.39 is 11.7 Å². The second-order valence-electron chi connectivity index (χ2n) is 2.95. The molecular weight excluding hydrogens is 191 g/mol. The Kier molecular flexibility index (Phi) is 1.98. The van der Waals surface area contributed by atoms with E-state index in [2.05, 4.69) is 0 Å². The maximum atomic E-state index is 12.3. The first-order valence-corrected chi connectivity index (χ1v) is 4.04. The van der Waals surface area contributed by atoms with E-state index in [1.807, 2.05) is 0 Å². The van der Waals surface area contributed by atoms with Gasteiger partial charge in [-0.05, 0) is 18.2 Å². The third-order valence-corrected chi connectivity index (χ3v) is 1.96. The lowest BCUT2D eigenvalue weighted by Gasteiger charge is -2.26. The largest absolute Gasteiger partial charge is 0.417 e. The highest BCUT2D eigenvalue weighted by atomic mass is 19.4. The molecule has 0 spiro atoms. The molecule has 14 heavy (non-hydrogen) atoms. The zero-order valence-corrected chi connectivity index (χ0v) is 7.12. The van der Waals surface area contributed by atoms with Gasteiger partial charge in [-0.2, -0.15) is 13.2 Å². The molecule has 0 N–H and O–H groups in total. The monoisotopic (exact) mass is 198 g/mol. The Morgan fingerprint density at radius 3 is 2.57 bits per heavy atom. The molecule has 0 saturated carbocycles. The number of hydrogen-bond donors (Lipinski definition) is 0. The van der Waals surface area contributed by atoms with Gasteiger partial charge in [0.25, 0.3) is 0 Å². The van der Waals surface area contributed by atoms with Crippen LogP contribution in [0.1, 0.15) is 0 Å². The number of hydrogen-bond acceptors (Lipinski definition) is 1. The summed E-state index contributed by atoms with van der Waals surface area (Å²) in [5, 5.41) is 0. The van der Waals surface area contributed by atoms with Crippen LogP contribution in [0.25, 0.3) is 0 Å². The Bertz CT molecular complexity index is 358. The summed E-state index contributed by atoms with van der Waals surface area (Å²) in [5.74, 6) is 0. The first kappa shape index (κ1) is 9.12. The van der Waals surface area contributed by atoms with Gasteiger partial charge in [0.2, 0.25) is 0 Å². The molecule has 0 aromatic rings. The molecule has 1 nitrogen and oxygen atoms in total. The number of allylic oxidation sites excluding steroid dienone is 5. The fourth-order valence-electron chi connectivity index (χ4n) is 1.26. The van der Waals surface area contributed by atoms with Crippen LogP contribution in [0.15, 0.2) is 47.9 Å². The van der Waals surface area contributed by atoms with Crippen molar-refractivity contribution in [1.82, 2.24) is 4.90 Å². The first-order chi connectivity index (χ1) is 6.57. The number of rotatable bonds is 0. The maximum absolute atomic E-state index is 12.3. The summed E-state index contributed by atoms with van der Waals surface area (Å²) in [6.07, 6.45) is 4.54. The van der Waals surface area contributed by atoms with Gasteiger partial charge in [-0.15, -0.1) is 0 Å². The molecule has 4 heteroatoms. The maximum Gasteiger partial charge on any atom is 0.417 e. The van der Waals surface area contributed by atoms with E-state index in [0.717, 1.165) is 18.0 Å². The van der Waals surface area contributed by atoms with E-state index in [1.165, 1.54) is 11.0 Å². The lowest BCUT2D eigenvalue weighted by atomic mass is 10.1. The Morgan fingerprint density at radius 1 is 1.07 bits per heavy atom. The number of halogens is 3. The minimum Gasteiger partial charge on any atom is -0.338 e. The molecule has 2 rings (SSSR count). The fraction of sp³-hybridized carbons (Fsp3) is 0.100. The second kappa shape index (κ2) is 3.04. The highest BCUT2D eigenvalue weighted by Gasteiger charge is 2.34. The van der Waals surface area contributed by atoms with Crippen LogP contribution < -0.4 is 0 Å². The summed E-state index contributed by atoms with van der Waals surface area (Å²) in [4.78, 5) is 1.45. The molecule has 0 unspecified atom stereocenters. The molecule has 2 aliphatic rings. The fourth-order valence-corrected chi connectivity index (χ4v) is 1.26. The van der Waals surface area contributed by atoms with E-state index in [4.69, 9.17) is 0 Å². The third-order valence-electron chi connectivity index (χ3n) is 1.96. The zero-order valence-electron chi connectivity index (χ0n) is 7.12. The molecule has 0 bridgehead atoms. The van der Waals surface area contributed by atoms with Gasteiger partial charge in [-0.3, -0.25) is 0 Å². The van der Waals surface area contributed by atoms with Gasteiger partial charge in [0.1, 0.15) is 0 Å². The quantitative estimate of drug-likeness (QED) is 0.578. The van der Waals surface area contributed by atoms with E-state index in [1.54, 1.807) is 24.8 Å². The molecular formula is C10H7F3N. The first-order valence-electron chi connectivity index (χ1n) is 4.04. The predicted molar refractivity (Wildman–Crippen MR) is 46.6 cm³/mol. The second-order valence-corrected chi connectivity index (χ2v) is 2.95. The number of nitrogens with zero attached hydrogens (tertiary/aromatic N) is 1. The van der Waals surface area contributed by atoms with Crippen LogP contribution in [0.2, 0.25) is 0 Å². The summed E-state index contributed by atoms with van der Waals surface area (Å²) in [7, 11) is 0. The van der Waals surface area contributed by atoms with Gasteiger partial charge in [0, 0.05) is 11.9 Å². The molecule has 0 amide bonds. The van der Waals surface area contributed by atoms with Gasteiger partial charge in [0.05, 0.1) is 12.1 Å². The summed E-state index contributed by atoms with van der Waals surface area (Å²) in [6.45, 7) is 1.59. The van der Waals surface area contributed by atoms with Crippen molar-refractivity contribution < 1.29 is 13.2 Å². The van der Waals surface area contributed by atoms with E-state index in [-0.39, 0.29) is 0 Å². The highest BCUT2D eigenvalue weighted by Crippen LogP contribution is 2.32. The van der Waals surface area contributed by atoms with Crippen LogP contribution in [-0.2, 0) is 0 Å². The van der Waals surface area contributed by atoms with Gasteiger partial charge >= 0.3 is 6.18 Å². The predicted octanol–water partition coefficient (Wildman–Crippen LogP) is 2.92. The van der Waals surface area contributed by atoms with Crippen LogP contribution in [0, 0.1) is 6.54 Å². The van der Waals surface area contributed by atoms with Crippen molar-refractivity contribution in [3.63, 3.8) is 0 Å². The summed E-state index contributed by atoms with van der Waals surface area (Å²) in [6, 6.07) is 0. The summed E-state index contributed by atoms with van der Waals surface area (Å²) < 4.78 is 36.9. The van der Waals surface area contributed by atoms with E-state index in [9.17, 15) is 13.2 Å². The van der Waals surface area contributed by atoms with E-state index in [0.29, 0.717) is 0 Å². The van der Waals surface area contributed by atoms with Gasteiger partial charge < -0.3 is 4.90 Å². The standard InChI is InChI=1S/C10H7F3N/c11-10(12,13)8-4-5-9-3-1-2-6-14(9)7-8/h1-7H. The topological polar surface area (TPSA) is 3.24 Å². The molecule has 0 aromatic heterocycles. The lowest BCUT2D eigenvalue weighted by molar-refractivity contribution is -0.0892. The van der Waals surface area contributed by atoms with Crippen molar-refractivity contribution in [3.8, 4) is 0 Å². The van der Waals surface area contributed by atoms with Crippen molar-refractivity contribution in [1.29, 1.82) is 0 Å². The van der Waals surface area contributed by atoms with Gasteiger partial charge in [0.15, 0.2) is 0 Å². The van der Waals surface area contributed by atoms with Gasteiger partial charge in [-0.1, -0.05) is 12.2 Å². The van der Waals surface area contributed by atoms with Crippen molar-refractivity contribution in [2.75, 3.05) is 0 Å². The molecule has 0 atom stereocenters. The molecule has 0 fully saturated rings. The molecule has 0 aromatic carbocycles. The zero-order chi connectivity index (χ0) is 10.2. The molecule has 1 radical (unpaired) electrons. The normalized spacial score (nSPS) is 20.4. The number of fused-ring (bicyclic) bond motifs is 1. The minimum absolute atomic E-state index is 0.638. The molecule has 2 heterocycles. The molecule has 0 aliphatic carbocycles. The van der Waals surface area contributed by atoms with Crippen LogP contribution in [0.4, 0.5) is 13.2 Å². The molecule has 0 saturated heterocycles. The third kappa shape index (κ3) is 1.60. The highest BCUT2D eigenvalue weighted by molar-refractivity contribution is 5.41. The van der Waals surface area contributed by atoms with E-state index >= 15 is 0 Å².